The van der Waals surface area contributed by atoms with E-state index in [2.05, 4.69) is 0 Å². The third kappa shape index (κ3) is 2.88. The molecule has 1 aliphatic heterocycles. The number of hydrogen-bond acceptors (Lipinski definition) is 3. The fourth-order valence-corrected chi connectivity index (χ4v) is 2.00. The SMILES string of the molecule is NCCc1ccc(OC2CCOC2)c(Cl)c1. The van der Waals surface area contributed by atoms with E-state index in [1.165, 1.54) is 0 Å². The predicted octanol–water partition coefficient (Wildman–Crippen LogP) is 2.01. The van der Waals surface area contributed by atoms with Crippen molar-refractivity contribution in [2.24, 2.45) is 5.73 Å². The summed E-state index contributed by atoms with van der Waals surface area (Å²) in [7, 11) is 0. The van der Waals surface area contributed by atoms with Crippen LogP contribution in [0.2, 0.25) is 5.02 Å². The van der Waals surface area contributed by atoms with Gasteiger partial charge in [-0.15, -0.1) is 0 Å². The summed E-state index contributed by atoms with van der Waals surface area (Å²) in [5.41, 5.74) is 6.63. The normalized spacial score (nSPS) is 20.0. The first-order valence-corrected chi connectivity index (χ1v) is 5.90. The molecular weight excluding hydrogens is 226 g/mol. The first kappa shape index (κ1) is 11.7. The van der Waals surface area contributed by atoms with Crippen molar-refractivity contribution in [3.8, 4) is 5.75 Å². The Balaban J connectivity index is 2.03. The number of hydrogen-bond donors (Lipinski definition) is 1. The summed E-state index contributed by atoms with van der Waals surface area (Å²) in [5.74, 6) is 0.734. The van der Waals surface area contributed by atoms with Crippen molar-refractivity contribution in [2.45, 2.75) is 18.9 Å². The third-order valence-electron chi connectivity index (χ3n) is 2.61. The Hall–Kier alpha value is -0.770. The molecule has 1 aromatic carbocycles. The Morgan fingerprint density at radius 2 is 2.38 bits per heavy atom. The van der Waals surface area contributed by atoms with Crippen LogP contribution in [0.5, 0.6) is 5.75 Å². The Morgan fingerprint density at radius 3 is 3.00 bits per heavy atom. The number of rotatable bonds is 4. The van der Waals surface area contributed by atoms with Crippen LogP contribution in [0, 0.1) is 0 Å². The zero-order valence-electron chi connectivity index (χ0n) is 9.12. The summed E-state index contributed by atoms with van der Waals surface area (Å²) >= 11 is 6.14. The largest absolute Gasteiger partial charge is 0.486 e. The van der Waals surface area contributed by atoms with Crippen LogP contribution < -0.4 is 10.5 Å². The van der Waals surface area contributed by atoms with Crippen LogP contribution in [0.3, 0.4) is 0 Å². The molecule has 0 aliphatic carbocycles. The highest BCUT2D eigenvalue weighted by Crippen LogP contribution is 2.27. The molecule has 0 aromatic heterocycles. The van der Waals surface area contributed by atoms with E-state index in [-0.39, 0.29) is 6.10 Å². The lowest BCUT2D eigenvalue weighted by atomic mass is 10.1. The molecule has 16 heavy (non-hydrogen) atoms. The molecule has 1 aromatic rings. The maximum atomic E-state index is 6.14. The lowest BCUT2D eigenvalue weighted by Crippen LogP contribution is -2.16. The maximum absolute atomic E-state index is 6.14. The average Bonchev–Trinajstić information content (AvgIpc) is 2.75. The summed E-state index contributed by atoms with van der Waals surface area (Å²) < 4.78 is 11.0. The Morgan fingerprint density at radius 1 is 1.50 bits per heavy atom. The van der Waals surface area contributed by atoms with Crippen LogP contribution in [-0.2, 0) is 11.2 Å². The van der Waals surface area contributed by atoms with Crippen LogP contribution in [0.1, 0.15) is 12.0 Å². The summed E-state index contributed by atoms with van der Waals surface area (Å²) in [6, 6.07) is 5.83. The van der Waals surface area contributed by atoms with Gasteiger partial charge in [0.15, 0.2) is 0 Å². The van der Waals surface area contributed by atoms with Gasteiger partial charge < -0.3 is 15.2 Å². The first-order valence-electron chi connectivity index (χ1n) is 5.52. The van der Waals surface area contributed by atoms with Crippen molar-refractivity contribution in [3.05, 3.63) is 28.8 Å². The van der Waals surface area contributed by atoms with E-state index in [4.69, 9.17) is 26.8 Å². The highest BCUT2D eigenvalue weighted by molar-refractivity contribution is 6.32. The van der Waals surface area contributed by atoms with Gasteiger partial charge in [-0.2, -0.15) is 0 Å². The highest BCUT2D eigenvalue weighted by Gasteiger charge is 2.18. The van der Waals surface area contributed by atoms with E-state index in [1.54, 1.807) is 0 Å². The number of benzene rings is 1. The molecule has 0 saturated carbocycles. The predicted molar refractivity (Wildman–Crippen MR) is 64.1 cm³/mol. The van der Waals surface area contributed by atoms with Gasteiger partial charge in [0.2, 0.25) is 0 Å². The zero-order chi connectivity index (χ0) is 11.4. The second kappa shape index (κ2) is 5.53. The molecular formula is C12H16ClNO2. The molecule has 1 heterocycles. The lowest BCUT2D eigenvalue weighted by Gasteiger charge is -2.13. The van der Waals surface area contributed by atoms with Crippen molar-refractivity contribution < 1.29 is 9.47 Å². The molecule has 2 N–H and O–H groups in total. The number of nitrogens with two attached hydrogens (primary N) is 1. The first-order chi connectivity index (χ1) is 7.79. The molecule has 3 nitrogen and oxygen atoms in total. The molecule has 4 heteroatoms. The Labute approximate surface area is 100 Å². The zero-order valence-corrected chi connectivity index (χ0v) is 9.87. The van der Waals surface area contributed by atoms with Crippen LogP contribution in [0.15, 0.2) is 18.2 Å². The highest BCUT2D eigenvalue weighted by atomic mass is 35.5. The second-order valence-corrected chi connectivity index (χ2v) is 4.31. The van der Waals surface area contributed by atoms with E-state index in [0.29, 0.717) is 18.2 Å². The lowest BCUT2D eigenvalue weighted by molar-refractivity contribution is 0.141. The summed E-state index contributed by atoms with van der Waals surface area (Å²) in [4.78, 5) is 0. The smallest absolute Gasteiger partial charge is 0.138 e. The molecule has 88 valence electrons. The van der Waals surface area contributed by atoms with Crippen LogP contribution in [-0.4, -0.2) is 25.9 Å². The third-order valence-corrected chi connectivity index (χ3v) is 2.91. The van der Waals surface area contributed by atoms with Gasteiger partial charge in [-0.25, -0.2) is 0 Å². The van der Waals surface area contributed by atoms with Gasteiger partial charge in [0.1, 0.15) is 11.9 Å². The topological polar surface area (TPSA) is 44.5 Å². The van der Waals surface area contributed by atoms with Crippen molar-refractivity contribution >= 4 is 11.6 Å². The van der Waals surface area contributed by atoms with Gasteiger partial charge in [-0.05, 0) is 30.7 Å². The summed E-state index contributed by atoms with van der Waals surface area (Å²) in [5, 5.41) is 0.651. The fourth-order valence-electron chi connectivity index (χ4n) is 1.75. The van der Waals surface area contributed by atoms with Crippen molar-refractivity contribution in [1.29, 1.82) is 0 Å². The van der Waals surface area contributed by atoms with E-state index in [9.17, 15) is 0 Å². The quantitative estimate of drug-likeness (QED) is 0.877. The molecule has 0 spiro atoms. The Kier molecular flexibility index (Phi) is 4.04. The van der Waals surface area contributed by atoms with E-state index in [0.717, 1.165) is 30.8 Å². The minimum Gasteiger partial charge on any atom is -0.486 e. The standard InChI is InChI=1S/C12H16ClNO2/c13-11-7-9(3-5-14)1-2-12(11)16-10-4-6-15-8-10/h1-2,7,10H,3-6,8,14H2. The molecule has 0 radical (unpaired) electrons. The second-order valence-electron chi connectivity index (χ2n) is 3.91. The van der Waals surface area contributed by atoms with Crippen molar-refractivity contribution in [2.75, 3.05) is 19.8 Å². The molecule has 1 saturated heterocycles. The summed E-state index contributed by atoms with van der Waals surface area (Å²) in [6.07, 6.45) is 1.91. The molecule has 1 aliphatic rings. The van der Waals surface area contributed by atoms with Gasteiger partial charge >= 0.3 is 0 Å². The number of halogens is 1. The molecule has 0 bridgehead atoms. The Bertz CT molecular complexity index is 351. The molecule has 1 fully saturated rings. The minimum absolute atomic E-state index is 0.137. The van der Waals surface area contributed by atoms with Crippen LogP contribution in [0.25, 0.3) is 0 Å². The molecule has 1 atom stereocenters. The molecule has 2 rings (SSSR count). The van der Waals surface area contributed by atoms with Gasteiger partial charge in [-0.3, -0.25) is 0 Å². The van der Waals surface area contributed by atoms with Crippen LogP contribution >= 0.6 is 11.6 Å². The fraction of sp³-hybridized carbons (Fsp3) is 0.500. The van der Waals surface area contributed by atoms with Gasteiger partial charge in [0, 0.05) is 6.42 Å². The van der Waals surface area contributed by atoms with E-state index < -0.39 is 0 Å². The average molecular weight is 242 g/mol. The van der Waals surface area contributed by atoms with E-state index >= 15 is 0 Å². The molecule has 1 unspecified atom stereocenters. The van der Waals surface area contributed by atoms with Gasteiger partial charge in [0.25, 0.3) is 0 Å². The van der Waals surface area contributed by atoms with Crippen molar-refractivity contribution in [1.82, 2.24) is 0 Å². The van der Waals surface area contributed by atoms with E-state index in [1.807, 2.05) is 18.2 Å². The minimum atomic E-state index is 0.137. The van der Waals surface area contributed by atoms with Crippen LogP contribution in [0.4, 0.5) is 0 Å². The maximum Gasteiger partial charge on any atom is 0.138 e. The number of ether oxygens (including phenoxy) is 2. The monoisotopic (exact) mass is 241 g/mol. The van der Waals surface area contributed by atoms with Gasteiger partial charge in [-0.1, -0.05) is 17.7 Å². The molecule has 0 amide bonds. The summed E-state index contributed by atoms with van der Waals surface area (Å²) in [6.45, 7) is 2.06. The van der Waals surface area contributed by atoms with Gasteiger partial charge in [0.05, 0.1) is 18.2 Å². The van der Waals surface area contributed by atoms with Crippen molar-refractivity contribution in [3.63, 3.8) is 0 Å².